The number of hydrogen-bond acceptors (Lipinski definition) is 5. The van der Waals surface area contributed by atoms with Crippen molar-refractivity contribution in [3.05, 3.63) is 16.3 Å². The van der Waals surface area contributed by atoms with E-state index in [2.05, 4.69) is 51.9 Å². The Morgan fingerprint density at radius 1 is 1.24 bits per heavy atom. The van der Waals surface area contributed by atoms with E-state index in [1.807, 2.05) is 0 Å². The van der Waals surface area contributed by atoms with E-state index < -0.39 is 0 Å². The molecule has 1 N–H and O–H groups in total. The summed E-state index contributed by atoms with van der Waals surface area (Å²) in [4.78, 5) is 14.2. The molecule has 2 aromatic heterocycles. The molecule has 0 aliphatic carbocycles. The van der Waals surface area contributed by atoms with E-state index in [9.17, 15) is 0 Å². The first-order valence-electron chi connectivity index (χ1n) is 7.64. The highest BCUT2D eigenvalue weighted by atomic mass is 32.1. The predicted octanol–water partition coefficient (Wildman–Crippen LogP) is 3.97. The highest BCUT2D eigenvalue weighted by molar-refractivity contribution is 7.18. The first kappa shape index (κ1) is 16.2. The average Bonchev–Trinajstić information content (AvgIpc) is 2.71. The quantitative estimate of drug-likeness (QED) is 0.876. The fraction of sp³-hybridized carbons (Fsp3) is 0.625. The van der Waals surface area contributed by atoms with Crippen LogP contribution in [0.25, 0.3) is 10.2 Å². The van der Waals surface area contributed by atoms with Gasteiger partial charge < -0.3 is 5.32 Å². The Kier molecular flexibility index (Phi) is 5.17. The summed E-state index contributed by atoms with van der Waals surface area (Å²) in [7, 11) is 2.11. The van der Waals surface area contributed by atoms with Crippen LogP contribution in [-0.4, -0.2) is 34.5 Å². The molecule has 0 amide bonds. The number of anilines is 1. The summed E-state index contributed by atoms with van der Waals surface area (Å²) < 4.78 is 0. The van der Waals surface area contributed by atoms with Gasteiger partial charge in [0, 0.05) is 17.5 Å². The standard InChI is InChI=1S/C16H26N4S/c1-7-8-17-15-14-11(4)12(5)21-16(14)19-13(18-15)9-20(6)10(2)3/h10H,7-9H2,1-6H3,(H,17,18,19). The molecule has 0 saturated heterocycles. The van der Waals surface area contributed by atoms with Crippen LogP contribution in [-0.2, 0) is 6.54 Å². The van der Waals surface area contributed by atoms with Gasteiger partial charge in [-0.25, -0.2) is 9.97 Å². The SMILES string of the molecule is CCCNc1nc(CN(C)C(C)C)nc2sc(C)c(C)c12. The third kappa shape index (κ3) is 3.52. The second-order valence-corrected chi connectivity index (χ2v) is 7.09. The van der Waals surface area contributed by atoms with E-state index in [1.54, 1.807) is 11.3 Å². The number of aromatic nitrogens is 2. The van der Waals surface area contributed by atoms with E-state index in [0.717, 1.165) is 36.0 Å². The summed E-state index contributed by atoms with van der Waals surface area (Å²) in [5.74, 6) is 1.90. The molecule has 0 radical (unpaired) electrons. The average molecular weight is 306 g/mol. The van der Waals surface area contributed by atoms with Crippen LogP contribution >= 0.6 is 11.3 Å². The van der Waals surface area contributed by atoms with Crippen molar-refractivity contribution in [2.75, 3.05) is 18.9 Å². The van der Waals surface area contributed by atoms with Crippen LogP contribution in [0.3, 0.4) is 0 Å². The van der Waals surface area contributed by atoms with Crippen LogP contribution in [0.5, 0.6) is 0 Å². The molecule has 0 atom stereocenters. The van der Waals surface area contributed by atoms with E-state index in [4.69, 9.17) is 9.97 Å². The van der Waals surface area contributed by atoms with Crippen LogP contribution in [0, 0.1) is 13.8 Å². The van der Waals surface area contributed by atoms with Crippen molar-refractivity contribution in [1.29, 1.82) is 0 Å². The molecular formula is C16H26N4S. The third-order valence-corrected chi connectivity index (χ3v) is 4.99. The third-order valence-electron chi connectivity index (χ3n) is 3.89. The van der Waals surface area contributed by atoms with Crippen molar-refractivity contribution >= 4 is 27.4 Å². The van der Waals surface area contributed by atoms with Gasteiger partial charge >= 0.3 is 0 Å². The second-order valence-electron chi connectivity index (χ2n) is 5.89. The molecule has 0 fully saturated rings. The van der Waals surface area contributed by atoms with Crippen molar-refractivity contribution in [2.45, 2.75) is 53.6 Å². The molecule has 0 spiro atoms. The lowest BCUT2D eigenvalue weighted by atomic mass is 10.2. The van der Waals surface area contributed by atoms with Gasteiger partial charge in [-0.3, -0.25) is 4.90 Å². The van der Waals surface area contributed by atoms with Gasteiger partial charge in [0.05, 0.1) is 11.9 Å². The zero-order chi connectivity index (χ0) is 15.6. The van der Waals surface area contributed by atoms with Crippen LogP contribution in [0.2, 0.25) is 0 Å². The van der Waals surface area contributed by atoms with Gasteiger partial charge in [-0.2, -0.15) is 0 Å². The number of hydrogen-bond donors (Lipinski definition) is 1. The zero-order valence-corrected chi connectivity index (χ0v) is 14.8. The molecule has 0 bridgehead atoms. The lowest BCUT2D eigenvalue weighted by molar-refractivity contribution is 0.259. The summed E-state index contributed by atoms with van der Waals surface area (Å²) in [6.07, 6.45) is 1.09. The maximum atomic E-state index is 4.78. The number of nitrogens with one attached hydrogen (secondary N) is 1. The van der Waals surface area contributed by atoms with Gasteiger partial charge in [-0.1, -0.05) is 6.92 Å². The molecule has 0 aromatic carbocycles. The minimum atomic E-state index is 0.489. The molecule has 116 valence electrons. The molecule has 0 saturated carbocycles. The van der Waals surface area contributed by atoms with Crippen LogP contribution in [0.15, 0.2) is 0 Å². The van der Waals surface area contributed by atoms with Crippen molar-refractivity contribution in [3.8, 4) is 0 Å². The number of nitrogens with zero attached hydrogens (tertiary/aromatic N) is 3. The van der Waals surface area contributed by atoms with E-state index >= 15 is 0 Å². The highest BCUT2D eigenvalue weighted by Gasteiger charge is 2.15. The Bertz CT molecular complexity index is 618. The fourth-order valence-corrected chi connectivity index (χ4v) is 3.19. The minimum absolute atomic E-state index is 0.489. The second kappa shape index (κ2) is 6.71. The Balaban J connectivity index is 2.44. The normalized spacial score (nSPS) is 11.8. The van der Waals surface area contributed by atoms with Crippen molar-refractivity contribution < 1.29 is 0 Å². The van der Waals surface area contributed by atoms with Crippen LogP contribution in [0.1, 0.15) is 43.5 Å². The van der Waals surface area contributed by atoms with E-state index in [0.29, 0.717) is 6.04 Å². The smallest absolute Gasteiger partial charge is 0.146 e. The Morgan fingerprint density at radius 2 is 1.95 bits per heavy atom. The first-order chi connectivity index (χ1) is 9.93. The summed E-state index contributed by atoms with van der Waals surface area (Å²) >= 11 is 1.77. The topological polar surface area (TPSA) is 41.1 Å². The molecule has 4 nitrogen and oxygen atoms in total. The van der Waals surface area contributed by atoms with Crippen molar-refractivity contribution in [3.63, 3.8) is 0 Å². The Hall–Kier alpha value is -1.20. The fourth-order valence-electron chi connectivity index (χ4n) is 2.14. The van der Waals surface area contributed by atoms with E-state index in [1.165, 1.54) is 15.8 Å². The lowest BCUT2D eigenvalue weighted by Crippen LogP contribution is -2.26. The molecule has 2 aromatic rings. The van der Waals surface area contributed by atoms with Gasteiger partial charge in [0.15, 0.2) is 0 Å². The minimum Gasteiger partial charge on any atom is -0.369 e. The molecular weight excluding hydrogens is 280 g/mol. The highest BCUT2D eigenvalue weighted by Crippen LogP contribution is 2.33. The van der Waals surface area contributed by atoms with Gasteiger partial charge in [0.25, 0.3) is 0 Å². The number of aryl methyl sites for hydroxylation is 2. The molecule has 21 heavy (non-hydrogen) atoms. The van der Waals surface area contributed by atoms with Gasteiger partial charge in [0.2, 0.25) is 0 Å². The number of thiophene rings is 1. The molecule has 0 aliphatic heterocycles. The van der Waals surface area contributed by atoms with Crippen LogP contribution < -0.4 is 5.32 Å². The van der Waals surface area contributed by atoms with Gasteiger partial charge in [-0.05, 0) is 46.7 Å². The monoisotopic (exact) mass is 306 g/mol. The molecule has 2 heterocycles. The van der Waals surface area contributed by atoms with E-state index in [-0.39, 0.29) is 0 Å². The Labute approximate surface area is 131 Å². The maximum absolute atomic E-state index is 4.78. The maximum Gasteiger partial charge on any atom is 0.146 e. The zero-order valence-electron chi connectivity index (χ0n) is 13.9. The van der Waals surface area contributed by atoms with Crippen LogP contribution in [0.4, 0.5) is 5.82 Å². The molecule has 0 unspecified atom stereocenters. The summed E-state index contributed by atoms with van der Waals surface area (Å²) in [6.45, 7) is 12.6. The molecule has 5 heteroatoms. The number of fused-ring (bicyclic) bond motifs is 1. The molecule has 0 aliphatic rings. The summed E-state index contributed by atoms with van der Waals surface area (Å²) in [6, 6.07) is 0.489. The van der Waals surface area contributed by atoms with Crippen molar-refractivity contribution in [2.24, 2.45) is 0 Å². The first-order valence-corrected chi connectivity index (χ1v) is 8.46. The largest absolute Gasteiger partial charge is 0.369 e. The molecule has 2 rings (SSSR count). The summed E-state index contributed by atoms with van der Waals surface area (Å²) in [5.41, 5.74) is 1.30. The van der Waals surface area contributed by atoms with Gasteiger partial charge in [0.1, 0.15) is 16.5 Å². The predicted molar refractivity (Wildman–Crippen MR) is 92.3 cm³/mol. The van der Waals surface area contributed by atoms with Crippen molar-refractivity contribution in [1.82, 2.24) is 14.9 Å². The summed E-state index contributed by atoms with van der Waals surface area (Å²) in [5, 5.41) is 4.67. The lowest BCUT2D eigenvalue weighted by Gasteiger charge is -2.20. The van der Waals surface area contributed by atoms with Gasteiger partial charge in [-0.15, -0.1) is 11.3 Å². The Morgan fingerprint density at radius 3 is 2.57 bits per heavy atom. The number of rotatable bonds is 6.